The molecule has 5 aliphatic rings. The SMILES string of the molecule is CCC(C)N1CCN(C(=O)O[C@@H](C(=O)O[C@H]2C[C@@]3(O)[C@@H](OC(=O)c4ccccc4)[C@@H]4[C@]5(OC(C)=O)CO[C@@H]5C[C@H](OC)[C@@]4(C)C(=O)[C@H](OC)C(=C2C)C3(C)C)[C@@H](NC(=O)OC(C)(C)C)c2ccccc2)CC1. The number of piperazine rings is 1. The minimum absolute atomic E-state index is 0.103. The Morgan fingerprint density at radius 1 is 0.917 bits per heavy atom. The average molecular weight is 1000 g/mol. The molecule has 2 saturated heterocycles. The molecule has 2 aromatic rings. The number of carbonyl (C=O) groups is 6. The number of fused-ring (bicyclic) bond motifs is 5. The van der Waals surface area contributed by atoms with Gasteiger partial charge in [-0.05, 0) is 76.8 Å². The molecule has 0 aromatic heterocycles. The molecule has 72 heavy (non-hydrogen) atoms. The van der Waals surface area contributed by atoms with Gasteiger partial charge in [0.2, 0.25) is 6.10 Å². The van der Waals surface area contributed by atoms with E-state index in [-0.39, 0.29) is 30.2 Å². The van der Waals surface area contributed by atoms with Crippen LogP contribution in [0.15, 0.2) is 71.8 Å². The molecule has 2 saturated carbocycles. The van der Waals surface area contributed by atoms with E-state index in [0.29, 0.717) is 37.3 Å². The highest BCUT2D eigenvalue weighted by Gasteiger charge is 2.78. The zero-order chi connectivity index (χ0) is 52.7. The molecule has 4 fully saturated rings. The van der Waals surface area contributed by atoms with Crippen LogP contribution in [0.2, 0.25) is 0 Å². The van der Waals surface area contributed by atoms with Gasteiger partial charge in [-0.3, -0.25) is 14.5 Å². The monoisotopic (exact) mass is 1000 g/mol. The second-order valence-corrected chi connectivity index (χ2v) is 21.6. The highest BCUT2D eigenvalue weighted by molar-refractivity contribution is 5.94. The number of Topliss-reactive ketones (excluding diaryl/α,β-unsaturated/α-hetero) is 1. The van der Waals surface area contributed by atoms with Crippen molar-refractivity contribution in [2.45, 2.75) is 154 Å². The molecule has 2 aromatic carbocycles. The summed E-state index contributed by atoms with van der Waals surface area (Å²) < 4.78 is 49.7. The number of nitrogens with zero attached hydrogens (tertiary/aromatic N) is 2. The number of carbonyl (C=O) groups excluding carboxylic acids is 6. The summed E-state index contributed by atoms with van der Waals surface area (Å²) in [6, 6.07) is 15.5. The zero-order valence-electron chi connectivity index (χ0n) is 43.7. The van der Waals surface area contributed by atoms with Crippen molar-refractivity contribution < 1.29 is 71.8 Å². The highest BCUT2D eigenvalue weighted by atomic mass is 16.6. The first kappa shape index (κ1) is 54.4. The van der Waals surface area contributed by atoms with Crippen molar-refractivity contribution in [2.24, 2.45) is 16.7 Å². The molecule has 0 spiro atoms. The number of aliphatic hydroxyl groups is 1. The second-order valence-electron chi connectivity index (χ2n) is 21.6. The number of alkyl carbamates (subject to hydrolysis) is 1. The number of esters is 3. The maximum absolute atomic E-state index is 15.9. The van der Waals surface area contributed by atoms with E-state index in [1.807, 2.05) is 0 Å². The van der Waals surface area contributed by atoms with E-state index < -0.39 is 119 Å². The third kappa shape index (κ3) is 9.88. The van der Waals surface area contributed by atoms with Gasteiger partial charge >= 0.3 is 30.1 Å². The molecule has 18 nitrogen and oxygen atoms in total. The molecule has 18 heteroatoms. The number of hydrogen-bond donors (Lipinski definition) is 2. The topological polar surface area (TPSA) is 215 Å². The normalized spacial score (nSPS) is 31.4. The second kappa shape index (κ2) is 20.8. The molecule has 2 aliphatic heterocycles. The Kier molecular flexibility index (Phi) is 15.7. The molecule has 2 bridgehead atoms. The predicted molar refractivity (Wildman–Crippen MR) is 260 cm³/mol. The Balaban J connectivity index is 1.38. The van der Waals surface area contributed by atoms with E-state index in [2.05, 4.69) is 24.1 Å². The van der Waals surface area contributed by atoms with Crippen molar-refractivity contribution >= 4 is 35.9 Å². The summed E-state index contributed by atoms with van der Waals surface area (Å²) in [5, 5.41) is 16.8. The molecule has 1 unspecified atom stereocenters. The van der Waals surface area contributed by atoms with Crippen LogP contribution in [-0.4, -0.2) is 157 Å². The van der Waals surface area contributed by atoms with Crippen LogP contribution < -0.4 is 5.32 Å². The first-order valence-corrected chi connectivity index (χ1v) is 24.9. The first-order chi connectivity index (χ1) is 33.9. The lowest BCUT2D eigenvalue weighted by Gasteiger charge is -2.67. The maximum Gasteiger partial charge on any atom is 0.410 e. The zero-order valence-corrected chi connectivity index (χ0v) is 43.7. The largest absolute Gasteiger partial charge is 0.455 e. The van der Waals surface area contributed by atoms with E-state index in [1.54, 1.807) is 109 Å². The van der Waals surface area contributed by atoms with Gasteiger partial charge in [0.1, 0.15) is 41.7 Å². The van der Waals surface area contributed by atoms with E-state index in [0.717, 1.165) is 6.42 Å². The Bertz CT molecular complexity index is 2380. The van der Waals surface area contributed by atoms with Crippen molar-refractivity contribution in [1.29, 1.82) is 0 Å². The predicted octanol–water partition coefficient (Wildman–Crippen LogP) is 6.13. The van der Waals surface area contributed by atoms with E-state index in [1.165, 1.54) is 26.0 Å². The number of amides is 2. The number of benzene rings is 2. The van der Waals surface area contributed by atoms with Crippen LogP contribution in [0.1, 0.15) is 110 Å². The quantitative estimate of drug-likeness (QED) is 0.131. The third-order valence-corrected chi connectivity index (χ3v) is 16.0. The molecule has 2 amide bonds. The van der Waals surface area contributed by atoms with Crippen molar-refractivity contribution in [2.75, 3.05) is 47.0 Å². The third-order valence-electron chi connectivity index (χ3n) is 16.0. The van der Waals surface area contributed by atoms with Crippen molar-refractivity contribution in [1.82, 2.24) is 15.1 Å². The number of nitrogens with one attached hydrogen (secondary N) is 1. The summed E-state index contributed by atoms with van der Waals surface area (Å²) in [5.41, 5.74) is -7.00. The van der Waals surface area contributed by atoms with Gasteiger partial charge in [0.05, 0.1) is 29.6 Å². The van der Waals surface area contributed by atoms with Gasteiger partial charge in [-0.1, -0.05) is 69.3 Å². The lowest BCUT2D eigenvalue weighted by Crippen LogP contribution is -2.82. The molecule has 394 valence electrons. The van der Waals surface area contributed by atoms with Crippen LogP contribution in [-0.2, 0) is 52.3 Å². The molecule has 7 rings (SSSR count). The van der Waals surface area contributed by atoms with Crippen LogP contribution in [0.3, 0.4) is 0 Å². The summed E-state index contributed by atoms with van der Waals surface area (Å²) in [4.78, 5) is 90.8. The Morgan fingerprint density at radius 2 is 1.54 bits per heavy atom. The fourth-order valence-electron chi connectivity index (χ4n) is 12.0. The van der Waals surface area contributed by atoms with Gasteiger partial charge in [0.25, 0.3) is 0 Å². The molecule has 3 aliphatic carbocycles. The number of methoxy groups -OCH3 is 2. The van der Waals surface area contributed by atoms with Crippen LogP contribution in [0, 0.1) is 16.7 Å². The Morgan fingerprint density at radius 3 is 2.08 bits per heavy atom. The van der Waals surface area contributed by atoms with Gasteiger partial charge in [0.15, 0.2) is 11.4 Å². The summed E-state index contributed by atoms with van der Waals surface area (Å²) in [6.45, 7) is 18.7. The van der Waals surface area contributed by atoms with Gasteiger partial charge in [-0.15, -0.1) is 0 Å². The van der Waals surface area contributed by atoms with Gasteiger partial charge < -0.3 is 53.2 Å². The minimum Gasteiger partial charge on any atom is -0.455 e. The van der Waals surface area contributed by atoms with E-state index in [4.69, 9.17) is 37.9 Å². The molecular weight excluding hydrogens is 931 g/mol. The van der Waals surface area contributed by atoms with Gasteiger partial charge in [-0.2, -0.15) is 0 Å². The smallest absolute Gasteiger partial charge is 0.410 e. The van der Waals surface area contributed by atoms with Gasteiger partial charge in [0, 0.05) is 71.6 Å². The van der Waals surface area contributed by atoms with Crippen LogP contribution in [0.5, 0.6) is 0 Å². The first-order valence-electron chi connectivity index (χ1n) is 24.9. The Labute approximate surface area is 422 Å². The Hall–Kier alpha value is -5.40. The van der Waals surface area contributed by atoms with Crippen LogP contribution in [0.25, 0.3) is 0 Å². The van der Waals surface area contributed by atoms with E-state index in [9.17, 15) is 24.3 Å². The average Bonchev–Trinajstić information content (AvgIpc) is 3.33. The summed E-state index contributed by atoms with van der Waals surface area (Å²) in [6.07, 6.45) is -9.36. The number of hydrogen-bond acceptors (Lipinski definition) is 16. The van der Waals surface area contributed by atoms with Crippen LogP contribution >= 0.6 is 0 Å². The van der Waals surface area contributed by atoms with Crippen molar-refractivity contribution in [3.8, 4) is 0 Å². The molecule has 12 atom stereocenters. The van der Waals surface area contributed by atoms with E-state index >= 15 is 9.59 Å². The molecule has 0 radical (unpaired) electrons. The lowest BCUT2D eigenvalue weighted by molar-refractivity contribution is -0.347. The fraction of sp³-hybridized carbons (Fsp3) is 0.630. The molecular formula is C54H73N3O15. The molecule has 2 N–H and O–H groups in total. The number of ether oxygens (including phenoxy) is 8. The minimum atomic E-state index is -2.28. The molecule has 2 heterocycles. The van der Waals surface area contributed by atoms with Crippen LogP contribution in [0.4, 0.5) is 9.59 Å². The van der Waals surface area contributed by atoms with Crippen molar-refractivity contribution in [3.63, 3.8) is 0 Å². The summed E-state index contributed by atoms with van der Waals surface area (Å²) >= 11 is 0. The highest BCUT2D eigenvalue weighted by Crippen LogP contribution is 2.65. The maximum atomic E-state index is 15.9. The lowest BCUT2D eigenvalue weighted by atomic mass is 9.44. The number of ketones is 1. The van der Waals surface area contributed by atoms with Gasteiger partial charge in [-0.25, -0.2) is 19.2 Å². The standard InChI is InChI=1S/C54H73N3O15/c1-13-31(2)56-24-26-57(27-25-56)49(63)69-42(40(34-20-16-14-17-21-34)55-48(62)72-50(5,6)7)47(61)68-36-29-54(64)45(70-46(60)35-22-18-15-19-23-35)43-52(10,44(59)41(66-12)39(32(36)3)51(54,8)9)37(65-11)28-38-53(43,30-67-38)71-33(4)58/h14-23,31,36-38,40-43,45,64H,13,24-30H2,1-12H3,(H,55,62)/t31?,36-,37-,38+,40-,41+,42+,43-,45-,52+,53-,54+/m0/s1. The fourth-order valence-corrected chi connectivity index (χ4v) is 12.0. The van der Waals surface area contributed by atoms with Crippen molar-refractivity contribution in [3.05, 3.63) is 82.9 Å². The summed E-state index contributed by atoms with van der Waals surface area (Å²) in [7, 11) is 2.80. The summed E-state index contributed by atoms with van der Waals surface area (Å²) in [5.74, 6) is -4.54. The number of rotatable bonds is 13.